The molecule has 0 radical (unpaired) electrons. The number of anilines is 1. The summed E-state index contributed by atoms with van der Waals surface area (Å²) in [6, 6.07) is 8.31. The first-order valence-electron chi connectivity index (χ1n) is 5.25. The van der Waals surface area contributed by atoms with Crippen molar-refractivity contribution < 1.29 is 22.6 Å². The van der Waals surface area contributed by atoms with Crippen LogP contribution in [0.2, 0.25) is 5.21 Å². The molecule has 0 heterocycles. The number of hydrogen-bond acceptors (Lipinski definition) is 4. The normalized spacial score (nSPS) is 11.1. The van der Waals surface area contributed by atoms with Crippen molar-refractivity contribution in [3.8, 4) is 0 Å². The van der Waals surface area contributed by atoms with Crippen LogP contribution in [0.3, 0.4) is 0 Å². The fourth-order valence-corrected chi connectivity index (χ4v) is 2.22. The minimum absolute atomic E-state index is 0.0116. The van der Waals surface area contributed by atoms with Crippen molar-refractivity contribution in [2.75, 3.05) is 10.8 Å². The Morgan fingerprint density at radius 1 is 1.22 bits per heavy atom. The van der Waals surface area contributed by atoms with Crippen molar-refractivity contribution in [2.45, 2.75) is 18.6 Å². The first kappa shape index (κ1) is 17.4. The maximum absolute atomic E-state index is 8.74. The number of aliphatic hydroxyl groups is 1. The van der Waals surface area contributed by atoms with Crippen LogP contribution in [0.1, 0.15) is 12.5 Å². The molecule has 0 spiro atoms. The van der Waals surface area contributed by atoms with Crippen molar-refractivity contribution >= 4 is 32.1 Å². The first-order chi connectivity index (χ1) is 8.36. The van der Waals surface area contributed by atoms with Gasteiger partial charge >= 0.3 is 96.4 Å². The van der Waals surface area contributed by atoms with E-state index in [1.165, 1.54) is 16.5 Å². The molecule has 0 aliphatic rings. The Morgan fingerprint density at radius 3 is 2.11 bits per heavy atom. The van der Waals surface area contributed by atoms with Gasteiger partial charge in [-0.05, 0) is 0 Å². The standard InChI is InChI=1S/C10H16AsNO.H2O4S/c1-2-11-12-10-5-3-9(4-6-10)7-8-13;1-5(2,3)4/h3-6,11-13H,2,7-8H2,1H3;(H2,1,2,3,4). The molecule has 1 atom stereocenters. The molecule has 1 aromatic carbocycles. The van der Waals surface area contributed by atoms with Gasteiger partial charge in [0.05, 0.1) is 0 Å². The molecule has 18 heavy (non-hydrogen) atoms. The second kappa shape index (κ2) is 9.35. The molecule has 1 aromatic rings. The van der Waals surface area contributed by atoms with Gasteiger partial charge in [0.2, 0.25) is 0 Å². The Labute approximate surface area is 114 Å². The van der Waals surface area contributed by atoms with Gasteiger partial charge in [0, 0.05) is 0 Å². The molecule has 1 unspecified atom stereocenters. The predicted molar refractivity (Wildman–Crippen MR) is 72.7 cm³/mol. The van der Waals surface area contributed by atoms with E-state index in [9.17, 15) is 0 Å². The fourth-order valence-electron chi connectivity index (χ4n) is 1.07. The van der Waals surface area contributed by atoms with E-state index in [0.717, 1.165) is 6.42 Å². The summed E-state index contributed by atoms with van der Waals surface area (Å²) >= 11 is 0.0116. The molecule has 0 bridgehead atoms. The molecule has 0 saturated carbocycles. The third-order valence-corrected chi connectivity index (χ3v) is 3.48. The summed E-state index contributed by atoms with van der Waals surface area (Å²) in [7, 11) is -4.67. The van der Waals surface area contributed by atoms with Gasteiger partial charge in [-0.3, -0.25) is 9.11 Å². The molecule has 6 nitrogen and oxygen atoms in total. The van der Waals surface area contributed by atoms with Crippen molar-refractivity contribution in [3.63, 3.8) is 0 Å². The summed E-state index contributed by atoms with van der Waals surface area (Å²) in [5.74, 6) is 0. The van der Waals surface area contributed by atoms with Crippen LogP contribution < -0.4 is 4.23 Å². The number of nitrogens with one attached hydrogen (secondary N) is 1. The molecule has 1 rings (SSSR count). The zero-order valence-corrected chi connectivity index (χ0v) is 12.9. The van der Waals surface area contributed by atoms with Gasteiger partial charge in [0.1, 0.15) is 0 Å². The van der Waals surface area contributed by atoms with Gasteiger partial charge in [0.15, 0.2) is 0 Å². The Morgan fingerprint density at radius 2 is 1.72 bits per heavy atom. The monoisotopic (exact) mass is 339 g/mol. The topological polar surface area (TPSA) is 107 Å². The number of hydrogen-bond donors (Lipinski definition) is 4. The van der Waals surface area contributed by atoms with Crippen LogP contribution in [-0.2, 0) is 16.8 Å². The van der Waals surface area contributed by atoms with Gasteiger partial charge in [-0.15, -0.1) is 0 Å². The SMILES string of the molecule is CC[AsH]Nc1ccc(CCO)cc1.O=S(=O)(O)O. The summed E-state index contributed by atoms with van der Waals surface area (Å²) in [5.41, 5.74) is 2.41. The second-order valence-corrected chi connectivity index (χ2v) is 6.92. The third kappa shape index (κ3) is 11.9. The van der Waals surface area contributed by atoms with Gasteiger partial charge < -0.3 is 0 Å². The zero-order chi connectivity index (χ0) is 14.0. The average Bonchev–Trinajstić information content (AvgIpc) is 2.26. The molecule has 0 aliphatic carbocycles. The van der Waals surface area contributed by atoms with E-state index >= 15 is 0 Å². The van der Waals surface area contributed by atoms with Gasteiger partial charge in [-0.2, -0.15) is 8.42 Å². The summed E-state index contributed by atoms with van der Waals surface area (Å²) in [4.78, 5) is 0. The van der Waals surface area contributed by atoms with Gasteiger partial charge in [-0.1, -0.05) is 0 Å². The minimum Gasteiger partial charge on any atom is -0.264 e. The van der Waals surface area contributed by atoms with Crippen LogP contribution in [0.15, 0.2) is 24.3 Å². The first-order valence-corrected chi connectivity index (χ1v) is 9.18. The maximum Gasteiger partial charge on any atom is 0.394 e. The second-order valence-electron chi connectivity index (χ2n) is 3.27. The van der Waals surface area contributed by atoms with E-state index in [0.29, 0.717) is 0 Å². The zero-order valence-electron chi connectivity index (χ0n) is 10.00. The van der Waals surface area contributed by atoms with E-state index < -0.39 is 10.4 Å². The Hall–Kier alpha value is -0.592. The van der Waals surface area contributed by atoms with E-state index in [-0.39, 0.29) is 22.6 Å². The van der Waals surface area contributed by atoms with Crippen molar-refractivity contribution in [1.29, 1.82) is 0 Å². The van der Waals surface area contributed by atoms with E-state index in [2.05, 4.69) is 35.4 Å². The predicted octanol–water partition coefficient (Wildman–Crippen LogP) is 0.770. The van der Waals surface area contributed by atoms with Crippen LogP contribution in [0.5, 0.6) is 0 Å². The molecule has 4 N–H and O–H groups in total. The van der Waals surface area contributed by atoms with Gasteiger partial charge in [-0.25, -0.2) is 0 Å². The van der Waals surface area contributed by atoms with Crippen LogP contribution in [-0.4, -0.2) is 45.2 Å². The van der Waals surface area contributed by atoms with Crippen LogP contribution in [0, 0.1) is 0 Å². The molecule has 0 amide bonds. The van der Waals surface area contributed by atoms with Crippen LogP contribution in [0.25, 0.3) is 0 Å². The molecular weight excluding hydrogens is 321 g/mol. The number of rotatable bonds is 5. The minimum atomic E-state index is -4.67. The molecule has 8 heteroatoms. The molecule has 104 valence electrons. The average molecular weight is 339 g/mol. The Balaban J connectivity index is 0.000000494. The third-order valence-electron chi connectivity index (χ3n) is 1.76. The summed E-state index contributed by atoms with van der Waals surface area (Å²) in [6.07, 6.45) is 0.754. The number of aliphatic hydroxyl groups excluding tert-OH is 1. The van der Waals surface area contributed by atoms with Crippen LogP contribution in [0.4, 0.5) is 5.69 Å². The van der Waals surface area contributed by atoms with E-state index in [1.54, 1.807) is 0 Å². The van der Waals surface area contributed by atoms with E-state index in [4.69, 9.17) is 22.6 Å². The van der Waals surface area contributed by atoms with Crippen molar-refractivity contribution in [2.24, 2.45) is 0 Å². The maximum atomic E-state index is 8.74. The van der Waals surface area contributed by atoms with Crippen LogP contribution >= 0.6 is 0 Å². The molecule has 0 saturated heterocycles. The van der Waals surface area contributed by atoms with Gasteiger partial charge in [0.25, 0.3) is 0 Å². The van der Waals surface area contributed by atoms with Crippen molar-refractivity contribution in [1.82, 2.24) is 0 Å². The number of benzene rings is 1. The molecular formula is C10H18AsNO5S. The fraction of sp³-hybridized carbons (Fsp3) is 0.400. The largest absolute Gasteiger partial charge is 0.394 e. The molecule has 0 fully saturated rings. The molecule has 0 aromatic heterocycles. The Kier molecular flexibility index (Phi) is 9.05. The summed E-state index contributed by atoms with van der Waals surface area (Å²) in [6.45, 7) is 2.43. The quantitative estimate of drug-likeness (QED) is 0.466. The molecule has 0 aliphatic heterocycles. The van der Waals surface area contributed by atoms with Crippen molar-refractivity contribution in [3.05, 3.63) is 29.8 Å². The Bertz CT molecular complexity index is 412. The summed E-state index contributed by atoms with van der Waals surface area (Å²) < 4.78 is 35.0. The van der Waals surface area contributed by atoms with E-state index in [1.807, 2.05) is 0 Å². The summed E-state index contributed by atoms with van der Waals surface area (Å²) in [5, 5.41) is 9.98. The smallest absolute Gasteiger partial charge is 0.264 e.